The van der Waals surface area contributed by atoms with Crippen LogP contribution < -0.4 is 10.6 Å². The number of hydrogen-bond donors (Lipinski definition) is 2. The molecule has 110 valence electrons. The van der Waals surface area contributed by atoms with E-state index in [0.717, 1.165) is 29.8 Å². The number of nitrogens with one attached hydrogen (secondary N) is 2. The Morgan fingerprint density at radius 2 is 2.05 bits per heavy atom. The van der Waals surface area contributed by atoms with E-state index in [0.29, 0.717) is 6.54 Å². The van der Waals surface area contributed by atoms with Crippen LogP contribution in [-0.2, 0) is 0 Å². The van der Waals surface area contributed by atoms with Crippen molar-refractivity contribution in [3.63, 3.8) is 0 Å². The number of aliphatic imine (C=N–C) groups is 1. The first-order chi connectivity index (χ1) is 9.26. The van der Waals surface area contributed by atoms with Crippen LogP contribution >= 0.6 is 47.3 Å². The number of nitrogens with zero attached hydrogens (tertiary/aromatic N) is 1. The molecule has 0 aliphatic heterocycles. The molecule has 20 heavy (non-hydrogen) atoms. The zero-order valence-corrected chi connectivity index (χ0v) is 15.3. The summed E-state index contributed by atoms with van der Waals surface area (Å²) >= 11 is 7.59. The molecule has 6 heteroatoms. The highest BCUT2D eigenvalue weighted by Crippen LogP contribution is 2.19. The molecule has 1 aromatic rings. The third kappa shape index (κ3) is 8.56. The molecule has 0 unspecified atom stereocenters. The number of benzene rings is 1. The normalized spacial score (nSPS) is 10.3. The Bertz CT molecular complexity index is 443. The molecule has 0 fully saturated rings. The van der Waals surface area contributed by atoms with Crippen LogP contribution in [0.3, 0.4) is 0 Å². The highest BCUT2D eigenvalue weighted by atomic mass is 127. The van der Waals surface area contributed by atoms with Crippen LogP contribution in [0, 0.1) is 12.3 Å². The van der Waals surface area contributed by atoms with Crippen molar-refractivity contribution >= 4 is 53.3 Å². The van der Waals surface area contributed by atoms with Gasteiger partial charge in [0.1, 0.15) is 0 Å². The first kappa shape index (κ1) is 19.4. The second-order valence-corrected chi connectivity index (χ2v) is 5.23. The zero-order valence-electron chi connectivity index (χ0n) is 11.4. The van der Waals surface area contributed by atoms with E-state index in [2.05, 4.69) is 21.5 Å². The zero-order chi connectivity index (χ0) is 13.9. The molecule has 1 rings (SSSR count). The highest BCUT2D eigenvalue weighted by molar-refractivity contribution is 14.0. The van der Waals surface area contributed by atoms with Gasteiger partial charge in [0.05, 0.1) is 13.1 Å². The van der Waals surface area contributed by atoms with Gasteiger partial charge >= 0.3 is 0 Å². The lowest BCUT2D eigenvalue weighted by molar-refractivity contribution is 0.874. The molecule has 1 aromatic carbocycles. The van der Waals surface area contributed by atoms with Gasteiger partial charge in [-0.3, -0.25) is 4.99 Å². The van der Waals surface area contributed by atoms with Crippen molar-refractivity contribution in [2.45, 2.75) is 11.8 Å². The van der Waals surface area contributed by atoms with Crippen molar-refractivity contribution in [3.8, 4) is 12.3 Å². The average molecular weight is 424 g/mol. The molecular weight excluding hydrogens is 405 g/mol. The van der Waals surface area contributed by atoms with Gasteiger partial charge in [-0.2, -0.15) is 0 Å². The van der Waals surface area contributed by atoms with Crippen molar-refractivity contribution in [1.82, 2.24) is 10.6 Å². The Hall–Kier alpha value is -0.580. The van der Waals surface area contributed by atoms with Crippen LogP contribution in [0.4, 0.5) is 0 Å². The lowest BCUT2D eigenvalue weighted by Gasteiger charge is -2.08. The second kappa shape index (κ2) is 12.2. The molecular formula is C14H19ClIN3S. The van der Waals surface area contributed by atoms with Crippen molar-refractivity contribution in [2.75, 3.05) is 25.4 Å². The topological polar surface area (TPSA) is 36.4 Å². The van der Waals surface area contributed by atoms with Gasteiger partial charge in [-0.25, -0.2) is 0 Å². The molecule has 2 N–H and O–H groups in total. The molecule has 0 atom stereocenters. The fourth-order valence-electron chi connectivity index (χ4n) is 1.33. The number of halogens is 2. The van der Waals surface area contributed by atoms with E-state index in [-0.39, 0.29) is 24.0 Å². The van der Waals surface area contributed by atoms with Gasteiger partial charge in [0.25, 0.3) is 0 Å². The fraction of sp³-hybridized carbons (Fsp3) is 0.357. The maximum Gasteiger partial charge on any atom is 0.192 e. The summed E-state index contributed by atoms with van der Waals surface area (Å²) in [7, 11) is 0. The number of guanidine groups is 1. The summed E-state index contributed by atoms with van der Waals surface area (Å²) in [5.74, 6) is 4.20. The molecule has 0 spiro atoms. The van der Waals surface area contributed by atoms with Crippen LogP contribution in [0.1, 0.15) is 6.92 Å². The third-order valence-electron chi connectivity index (χ3n) is 2.15. The summed E-state index contributed by atoms with van der Waals surface area (Å²) in [5, 5.41) is 6.95. The number of hydrogen-bond acceptors (Lipinski definition) is 2. The molecule has 0 aliphatic rings. The van der Waals surface area contributed by atoms with Crippen LogP contribution in [0.2, 0.25) is 5.02 Å². The van der Waals surface area contributed by atoms with Gasteiger partial charge in [-0.05, 0) is 31.2 Å². The first-order valence-corrected chi connectivity index (χ1v) is 7.46. The average Bonchev–Trinajstić information content (AvgIpc) is 2.42. The molecule has 0 heterocycles. The highest BCUT2D eigenvalue weighted by Gasteiger charge is 1.96. The minimum absolute atomic E-state index is 0. The van der Waals surface area contributed by atoms with Crippen molar-refractivity contribution in [2.24, 2.45) is 4.99 Å². The molecule has 0 radical (unpaired) electrons. The molecule has 0 bridgehead atoms. The van der Waals surface area contributed by atoms with E-state index in [9.17, 15) is 0 Å². The summed E-state index contributed by atoms with van der Waals surface area (Å²) in [6, 6.07) is 7.81. The Labute approximate surface area is 147 Å². The van der Waals surface area contributed by atoms with Gasteiger partial charge in [0, 0.05) is 22.2 Å². The predicted octanol–water partition coefficient (Wildman–Crippen LogP) is 3.24. The Kier molecular flexibility index (Phi) is 11.8. The lowest BCUT2D eigenvalue weighted by Crippen LogP contribution is -2.37. The molecule has 0 saturated carbocycles. The predicted molar refractivity (Wildman–Crippen MR) is 100 cm³/mol. The Morgan fingerprint density at radius 3 is 2.65 bits per heavy atom. The largest absolute Gasteiger partial charge is 0.357 e. The van der Waals surface area contributed by atoms with E-state index < -0.39 is 0 Å². The summed E-state index contributed by atoms with van der Waals surface area (Å²) in [6.07, 6.45) is 5.21. The van der Waals surface area contributed by atoms with Gasteiger partial charge in [-0.1, -0.05) is 17.5 Å². The van der Waals surface area contributed by atoms with E-state index >= 15 is 0 Å². The Morgan fingerprint density at radius 1 is 1.35 bits per heavy atom. The number of thioether (sulfide) groups is 1. The van der Waals surface area contributed by atoms with E-state index in [4.69, 9.17) is 18.0 Å². The van der Waals surface area contributed by atoms with Gasteiger partial charge in [0.15, 0.2) is 5.96 Å². The van der Waals surface area contributed by atoms with Crippen LogP contribution in [-0.4, -0.2) is 31.3 Å². The minimum Gasteiger partial charge on any atom is -0.357 e. The Balaban J connectivity index is 0.00000361. The minimum atomic E-state index is 0. The smallest absolute Gasteiger partial charge is 0.192 e. The SMILES string of the molecule is C#CCNC(=NCCSc1ccc(Cl)cc1)NCC.I. The summed E-state index contributed by atoms with van der Waals surface area (Å²) in [6.45, 7) is 4.06. The lowest BCUT2D eigenvalue weighted by atomic mass is 10.4. The van der Waals surface area contributed by atoms with Gasteiger partial charge < -0.3 is 10.6 Å². The molecule has 0 amide bonds. The number of rotatable bonds is 6. The van der Waals surface area contributed by atoms with Gasteiger partial charge in [0.2, 0.25) is 0 Å². The molecule has 0 aromatic heterocycles. The van der Waals surface area contributed by atoms with E-state index in [1.54, 1.807) is 11.8 Å². The van der Waals surface area contributed by atoms with Crippen molar-refractivity contribution in [3.05, 3.63) is 29.3 Å². The summed E-state index contributed by atoms with van der Waals surface area (Å²) in [5.41, 5.74) is 0. The van der Waals surface area contributed by atoms with Crippen LogP contribution in [0.5, 0.6) is 0 Å². The maximum absolute atomic E-state index is 5.83. The van der Waals surface area contributed by atoms with Gasteiger partial charge in [-0.15, -0.1) is 42.2 Å². The first-order valence-electron chi connectivity index (χ1n) is 6.10. The fourth-order valence-corrected chi connectivity index (χ4v) is 2.20. The summed E-state index contributed by atoms with van der Waals surface area (Å²) in [4.78, 5) is 5.63. The van der Waals surface area contributed by atoms with E-state index in [1.165, 1.54) is 4.90 Å². The molecule has 0 saturated heterocycles. The standard InChI is InChI=1S/C14H18ClN3S.HI/c1-3-9-17-14(16-4-2)18-10-11-19-13-7-5-12(15)6-8-13;/h1,5-8H,4,9-11H2,2H3,(H2,16,17,18);1H. The van der Waals surface area contributed by atoms with E-state index in [1.807, 2.05) is 31.2 Å². The number of terminal acetylenes is 1. The van der Waals surface area contributed by atoms with Crippen LogP contribution in [0.15, 0.2) is 34.2 Å². The quantitative estimate of drug-likeness (QED) is 0.184. The maximum atomic E-state index is 5.83. The van der Waals surface area contributed by atoms with Crippen molar-refractivity contribution < 1.29 is 0 Å². The second-order valence-electron chi connectivity index (χ2n) is 3.62. The third-order valence-corrected chi connectivity index (χ3v) is 3.39. The molecule has 3 nitrogen and oxygen atoms in total. The monoisotopic (exact) mass is 423 g/mol. The molecule has 0 aliphatic carbocycles. The van der Waals surface area contributed by atoms with Crippen molar-refractivity contribution in [1.29, 1.82) is 0 Å². The van der Waals surface area contributed by atoms with Crippen LogP contribution in [0.25, 0.3) is 0 Å². The summed E-state index contributed by atoms with van der Waals surface area (Å²) < 4.78 is 0.